The molecule has 3 unspecified atom stereocenters. The summed E-state index contributed by atoms with van der Waals surface area (Å²) in [4.78, 5) is 24.9. The van der Waals surface area contributed by atoms with Crippen molar-refractivity contribution in [3.8, 4) is 0 Å². The summed E-state index contributed by atoms with van der Waals surface area (Å²) in [6.45, 7) is 6.91. The molecule has 1 rings (SSSR count). The van der Waals surface area contributed by atoms with Gasteiger partial charge in [-0.25, -0.2) is 8.42 Å². The van der Waals surface area contributed by atoms with E-state index in [0.29, 0.717) is 48.0 Å². The molecule has 2 amide bonds. The van der Waals surface area contributed by atoms with E-state index in [1.807, 2.05) is 56.0 Å². The van der Waals surface area contributed by atoms with E-state index in [-0.39, 0.29) is 113 Å². The number of aliphatic hydroxyl groups is 1. The van der Waals surface area contributed by atoms with Gasteiger partial charge >= 0.3 is 29.6 Å². The van der Waals surface area contributed by atoms with Crippen molar-refractivity contribution >= 4 is 21.9 Å². The van der Waals surface area contributed by atoms with Crippen LogP contribution in [0.4, 0.5) is 0 Å². The number of amides is 2. The van der Waals surface area contributed by atoms with Gasteiger partial charge < -0.3 is 29.7 Å². The number of primary amides is 1. The molecule has 4 N–H and O–H groups in total. The zero-order chi connectivity index (χ0) is 28.8. The summed E-state index contributed by atoms with van der Waals surface area (Å²) in [5.41, 5.74) is 5.49. The Morgan fingerprint density at radius 2 is 1.32 bits per heavy atom. The molecule has 0 bridgehead atoms. The van der Waals surface area contributed by atoms with Crippen LogP contribution in [0, 0.1) is 11.3 Å². The van der Waals surface area contributed by atoms with Gasteiger partial charge in [-0.1, -0.05) is 99.7 Å². The molecular formula is C35H83N4NaO6S+2. The predicted molar refractivity (Wildman–Crippen MR) is 203 cm³/mol. The van der Waals surface area contributed by atoms with Crippen LogP contribution in [0.2, 0.25) is 0 Å². The first-order chi connectivity index (χ1) is 16.7. The molecule has 3 atom stereocenters. The van der Waals surface area contributed by atoms with Crippen molar-refractivity contribution in [3.63, 3.8) is 0 Å². The Kier molecular flexibility index (Phi) is 44.0. The molecule has 0 aliphatic carbocycles. The Labute approximate surface area is 317 Å². The summed E-state index contributed by atoms with van der Waals surface area (Å²) < 4.78 is 35.1. The number of carbonyl (C=O) groups is 2. The van der Waals surface area contributed by atoms with E-state index in [1.165, 1.54) is 12.1 Å². The maximum absolute atomic E-state index is 13.3. The standard InChI is InChI=1S/C26H46N4O6S.9CH4.Na/c1-9-19(24(27)32)14-21(20-10-12-23(13-11-20)37(34,35)36)15-26(2,3)25(33)28-18-30(7,8)17-22(31)16-29(4,5)6;;;;;;;;;;/h10-13,19,21-22,31H,9,14-18H2,1-8H3,(H2-2,27,28,32,33,34,35,36);9*1H4;/q;;;;;;;;;;+1/p+1. The largest absolute Gasteiger partial charge is 1.00 e. The minimum Gasteiger partial charge on any atom is -0.744 e. The van der Waals surface area contributed by atoms with Crippen LogP contribution in [0.1, 0.15) is 118 Å². The zero-order valence-corrected chi connectivity index (χ0v) is 27.5. The molecule has 0 saturated carbocycles. The number of rotatable bonds is 15. The van der Waals surface area contributed by atoms with Gasteiger partial charge in [0.2, 0.25) is 11.8 Å². The molecule has 1 aromatic carbocycles. The molecule has 47 heavy (non-hydrogen) atoms. The monoisotopic (exact) mass is 711 g/mol. The van der Waals surface area contributed by atoms with E-state index < -0.39 is 33.5 Å². The third-order valence-corrected chi connectivity index (χ3v) is 7.46. The molecule has 284 valence electrons. The summed E-state index contributed by atoms with van der Waals surface area (Å²) >= 11 is 0. The third kappa shape index (κ3) is 26.5. The van der Waals surface area contributed by atoms with Crippen molar-refractivity contribution in [3.05, 3.63) is 29.8 Å². The second-order valence-corrected chi connectivity index (χ2v) is 13.8. The molecule has 0 aliphatic rings. The zero-order valence-electron chi connectivity index (χ0n) is 24.7. The van der Waals surface area contributed by atoms with Gasteiger partial charge in [0, 0.05) is 11.3 Å². The fourth-order valence-corrected chi connectivity index (χ4v) is 5.10. The van der Waals surface area contributed by atoms with E-state index in [1.54, 1.807) is 12.1 Å². The number of aliphatic hydroxyl groups excluding tert-OH is 1. The predicted octanol–water partition coefficient (Wildman–Crippen LogP) is 3.94. The van der Waals surface area contributed by atoms with E-state index in [4.69, 9.17) is 5.73 Å². The fraction of sp³-hybridized carbons (Fsp3) is 0.771. The van der Waals surface area contributed by atoms with Gasteiger partial charge in [0.15, 0.2) is 12.8 Å². The quantitative estimate of drug-likeness (QED) is 0.109. The van der Waals surface area contributed by atoms with Crippen LogP contribution < -0.4 is 40.6 Å². The smallest absolute Gasteiger partial charge is 0.744 e. The first-order valence-corrected chi connectivity index (χ1v) is 14.0. The third-order valence-electron chi connectivity index (χ3n) is 6.61. The number of nitrogens with one attached hydrogen (secondary N) is 1. The molecule has 0 spiro atoms. The Morgan fingerprint density at radius 3 is 1.66 bits per heavy atom. The summed E-state index contributed by atoms with van der Waals surface area (Å²) in [6.07, 6.45) is 0.784. The topological polar surface area (TPSA) is 150 Å². The Hall–Kier alpha value is -1.05. The summed E-state index contributed by atoms with van der Waals surface area (Å²) in [5, 5.41) is 13.5. The van der Waals surface area contributed by atoms with E-state index in [9.17, 15) is 27.7 Å². The van der Waals surface area contributed by atoms with Gasteiger partial charge in [-0.3, -0.25) is 9.59 Å². The van der Waals surface area contributed by atoms with Crippen molar-refractivity contribution in [2.75, 3.05) is 55.0 Å². The molecule has 0 heterocycles. The van der Waals surface area contributed by atoms with Crippen LogP contribution in [0.25, 0.3) is 0 Å². The number of hydrogen-bond acceptors (Lipinski definition) is 6. The van der Waals surface area contributed by atoms with Crippen LogP contribution in [0.3, 0.4) is 0 Å². The van der Waals surface area contributed by atoms with Crippen LogP contribution in [0.5, 0.6) is 0 Å². The van der Waals surface area contributed by atoms with Crippen molar-refractivity contribution in [2.24, 2.45) is 17.1 Å². The summed E-state index contributed by atoms with van der Waals surface area (Å²) in [5.74, 6) is -1.28. The number of carbonyl (C=O) groups excluding carboxylic acids is 2. The van der Waals surface area contributed by atoms with E-state index in [2.05, 4.69) is 5.32 Å². The van der Waals surface area contributed by atoms with Crippen molar-refractivity contribution in [1.82, 2.24) is 5.32 Å². The van der Waals surface area contributed by atoms with Gasteiger partial charge in [-0.05, 0) is 42.9 Å². The SMILES string of the molecule is C.C.C.C.C.C.C.C.C.CCC(CC(CC(C)(C)C(=O)NC[N+](C)(C)CC(O)C[N+](C)(C)C)c1ccc(S(=O)(=O)[O-])cc1)C(N)=O.[Na+]. The first-order valence-electron chi connectivity index (χ1n) is 12.6. The molecule has 0 fully saturated rings. The average Bonchev–Trinajstić information content (AvgIpc) is 2.72. The number of benzene rings is 1. The maximum Gasteiger partial charge on any atom is 1.00 e. The molecule has 0 radical (unpaired) electrons. The molecule has 10 nitrogen and oxygen atoms in total. The number of likely N-dealkylation sites (N-methyl/N-ethyl adjacent to an activating group) is 2. The second-order valence-electron chi connectivity index (χ2n) is 12.5. The first kappa shape index (κ1) is 71.8. The Morgan fingerprint density at radius 1 is 0.894 bits per heavy atom. The summed E-state index contributed by atoms with van der Waals surface area (Å²) in [7, 11) is 5.34. The molecule has 0 aliphatic heterocycles. The van der Waals surface area contributed by atoms with Crippen LogP contribution in [-0.2, 0) is 19.7 Å². The fourth-order valence-electron chi connectivity index (χ4n) is 4.63. The number of hydrogen-bond donors (Lipinski definition) is 3. The van der Waals surface area contributed by atoms with Crippen LogP contribution in [-0.4, -0.2) is 100.0 Å². The van der Waals surface area contributed by atoms with Crippen molar-refractivity contribution < 1.29 is 66.2 Å². The van der Waals surface area contributed by atoms with Crippen LogP contribution in [0.15, 0.2) is 29.2 Å². The molecule has 0 saturated heterocycles. The number of nitrogens with two attached hydrogens (primary N) is 1. The minimum absolute atomic E-state index is 0. The minimum atomic E-state index is -4.58. The van der Waals surface area contributed by atoms with Gasteiger partial charge in [0.1, 0.15) is 23.2 Å². The van der Waals surface area contributed by atoms with Crippen LogP contribution >= 0.6 is 0 Å². The van der Waals surface area contributed by atoms with Gasteiger partial charge in [0.05, 0.1) is 40.1 Å². The molecule has 0 aromatic heterocycles. The van der Waals surface area contributed by atoms with E-state index >= 15 is 0 Å². The van der Waals surface area contributed by atoms with Gasteiger partial charge in [0.25, 0.3) is 0 Å². The molecular weight excluding hydrogens is 627 g/mol. The number of nitrogens with zero attached hydrogens (tertiary/aromatic N) is 2. The molecule has 1 aromatic rings. The second kappa shape index (κ2) is 28.8. The Balaban J connectivity index is -0.000000171. The summed E-state index contributed by atoms with van der Waals surface area (Å²) in [6, 6.07) is 5.63. The van der Waals surface area contributed by atoms with Gasteiger partial charge in [-0.15, -0.1) is 0 Å². The number of quaternary nitrogens is 2. The van der Waals surface area contributed by atoms with Crippen molar-refractivity contribution in [1.29, 1.82) is 0 Å². The Bertz CT molecular complexity index is 1030. The normalized spacial score (nSPS) is 12.3. The van der Waals surface area contributed by atoms with E-state index in [0.717, 1.165) is 5.56 Å². The van der Waals surface area contributed by atoms with Gasteiger partial charge in [-0.2, -0.15) is 0 Å². The molecule has 12 heteroatoms. The average molecular weight is 711 g/mol. The maximum atomic E-state index is 13.3. The van der Waals surface area contributed by atoms with Crippen molar-refractivity contribution in [2.45, 2.75) is 124 Å².